The van der Waals surface area contributed by atoms with Crippen molar-refractivity contribution in [3.63, 3.8) is 0 Å². The summed E-state index contributed by atoms with van der Waals surface area (Å²) in [6, 6.07) is 16.2. The highest BCUT2D eigenvalue weighted by molar-refractivity contribution is 6.65. The lowest BCUT2D eigenvalue weighted by Gasteiger charge is -2.40. The summed E-state index contributed by atoms with van der Waals surface area (Å²) in [4.78, 5) is 86.8. The second kappa shape index (κ2) is 33.1. The third-order valence-electron chi connectivity index (χ3n) is 18.0. The Morgan fingerprint density at radius 3 is 0.740 bits per heavy atom. The molecule has 2 heterocycles. The molecule has 13 nitrogen and oxygen atoms in total. The molecule has 0 radical (unpaired) electrons. The van der Waals surface area contributed by atoms with Gasteiger partial charge in [0.15, 0.2) is 0 Å². The summed E-state index contributed by atoms with van der Waals surface area (Å²) in [5, 5.41) is 15.0. The highest BCUT2D eigenvalue weighted by atomic mass is 35.5. The van der Waals surface area contributed by atoms with Crippen molar-refractivity contribution >= 4 is 63.8 Å². The van der Waals surface area contributed by atoms with Crippen LogP contribution in [0.4, 0.5) is 209 Å². The molecule has 694 valence electrons. The van der Waals surface area contributed by atoms with E-state index in [9.17, 15) is 241 Å². The van der Waals surface area contributed by atoms with Crippen molar-refractivity contribution in [2.75, 3.05) is 9.80 Å². The summed E-state index contributed by atoms with van der Waals surface area (Å²) in [6.45, 7) is 6.04. The average Bonchev–Trinajstić information content (AvgIpc) is 1.37. The lowest BCUT2D eigenvalue weighted by Crippen LogP contribution is -2.73. The number of phenolic OH excluding ortho intramolecular Hbond substituents is 2. The van der Waals surface area contributed by atoms with Gasteiger partial charge in [0.1, 0.15) is 23.0 Å². The van der Waals surface area contributed by atoms with E-state index in [1.54, 1.807) is 31.2 Å². The number of amides is 4. The lowest BCUT2D eigenvalue weighted by molar-refractivity contribution is -0.450. The monoisotopic (exact) mass is 1900 g/mol. The minimum Gasteiger partial charge on any atom is -0.508 e. The van der Waals surface area contributed by atoms with Gasteiger partial charge in [-0.15, -0.1) is 0 Å². The molecule has 0 saturated carbocycles. The van der Waals surface area contributed by atoms with Gasteiger partial charge in [-0.05, 0) is 120 Å². The Labute approximate surface area is 655 Å². The molecule has 4 amide bonds. The second-order valence-electron chi connectivity index (χ2n) is 26.1. The van der Waals surface area contributed by atoms with Gasteiger partial charge in [0.25, 0.3) is 5.24 Å². The number of carbonyl (C=O) groups excluding carboxylic acids is 7. The second-order valence-corrected chi connectivity index (χ2v) is 26.5. The molecule has 6 rings (SSSR count). The molecule has 2 saturated heterocycles. The molecule has 2 N–H and O–H groups in total. The highest BCUT2D eigenvalue weighted by Gasteiger charge is 2.97. The number of hydrogen-bond donors (Lipinski definition) is 2. The Bertz CT molecular complexity index is 4530. The molecule has 0 aliphatic carbocycles. The predicted molar refractivity (Wildman–Crippen MR) is 315 cm³/mol. The van der Waals surface area contributed by atoms with Crippen molar-refractivity contribution in [3.05, 3.63) is 108 Å². The smallest absolute Gasteiger partial charge is 0.460 e. The molecule has 0 bridgehead atoms. The predicted octanol–water partition coefficient (Wildman–Crippen LogP) is 21.1. The number of halogens is 46. The zero-order valence-corrected chi connectivity index (χ0v) is 59.7. The standard InChI is InChI=1S/C36H19F30NO6.C20H21NO4.C8ClF15O/c1-12(14-3-7-16(8-4-14)72-21(70)23(37,38)25(41,42)27(45,46)29(49,50)31(53,54)33(57,58)35(61,62)63)11-18-13(2)19(68)67(20(18)69)15-5-9-17(10-6-15)73-22(71)24(39,40)26(43,44)28(47,48)30(51,52)32(55,56)34(59,60)36(64,65)66;1-12(14-3-7-16(22)8-4-14)11-18-13(2)19(24)21(20(18)25)15-5-9-17(23)10-6-15;9-1(25)2(10,11)3(12,13)4(14,15)5(16,17)6(18,19)7(20,21)8(22,23)24/h3-10,12-13,18H,11H2,1-2H3;3-10,12-13,18,22-23H,11H2,1-2H3;. The zero-order valence-electron chi connectivity index (χ0n) is 59.0. The highest BCUT2D eigenvalue weighted by Crippen LogP contribution is 2.67. The van der Waals surface area contributed by atoms with Crippen LogP contribution in [-0.2, 0) is 33.6 Å². The number of esters is 2. The van der Waals surface area contributed by atoms with Crippen molar-refractivity contribution < 1.29 is 251 Å². The first-order valence-electron chi connectivity index (χ1n) is 31.6. The van der Waals surface area contributed by atoms with Gasteiger partial charge in [-0.1, -0.05) is 52.0 Å². The quantitative estimate of drug-likeness (QED) is 0.0181. The number of ether oxygens (including phenoxy) is 2. The molecular weight excluding hydrogens is 1860 g/mol. The van der Waals surface area contributed by atoms with Crippen molar-refractivity contribution in [3.8, 4) is 23.0 Å². The summed E-state index contributed by atoms with van der Waals surface area (Å²) in [5.41, 5.74) is 0.702. The molecule has 2 aliphatic heterocycles. The van der Waals surface area contributed by atoms with Crippen LogP contribution in [0, 0.1) is 23.7 Å². The van der Waals surface area contributed by atoms with E-state index < -0.39 is 195 Å². The van der Waals surface area contributed by atoms with E-state index in [1.165, 1.54) is 24.0 Å². The van der Waals surface area contributed by atoms with Crippen LogP contribution in [0.1, 0.15) is 63.5 Å². The van der Waals surface area contributed by atoms with Crippen LogP contribution >= 0.6 is 11.6 Å². The number of anilines is 2. The Morgan fingerprint density at radius 2 is 0.504 bits per heavy atom. The number of hydrogen-bond acceptors (Lipinski definition) is 11. The Hall–Kier alpha value is -9.49. The Balaban J connectivity index is 0.000000509. The topological polar surface area (TPSA) is 185 Å². The molecule has 6 atom stereocenters. The first kappa shape index (κ1) is 106. The SMILES string of the molecule is CC(CC1C(=O)N(c2ccc(O)cc2)C(=O)C1C)c1ccc(O)cc1.CC(CC1C(=O)N(c2ccc(OC(=O)C(F)(F)C(F)(F)C(F)(F)C(F)(F)C(F)(F)C(F)(F)C(F)(F)F)cc2)C(=O)C1C)c1ccc(OC(=O)C(F)(F)C(F)(F)C(F)(F)C(F)(F)C(F)(F)C(F)(F)C(F)(F)F)cc1.O=C(Cl)C(F)(F)C(F)(F)C(F)(F)C(F)(F)C(F)(F)C(F)(F)C(F)(F)F. The fourth-order valence-corrected chi connectivity index (χ4v) is 10.6. The minimum atomic E-state index is -8.73. The number of aromatic hydroxyl groups is 2. The summed E-state index contributed by atoms with van der Waals surface area (Å²) >= 11 is 3.72. The van der Waals surface area contributed by atoms with Crippen LogP contribution in [-0.4, -0.2) is 176 Å². The van der Waals surface area contributed by atoms with Gasteiger partial charge in [0.2, 0.25) is 23.6 Å². The van der Waals surface area contributed by atoms with Gasteiger partial charge in [0.05, 0.1) is 23.2 Å². The maximum absolute atomic E-state index is 14.3. The van der Waals surface area contributed by atoms with E-state index in [2.05, 4.69) is 21.1 Å². The maximum Gasteiger partial charge on any atom is 0.460 e. The van der Waals surface area contributed by atoms with Crippen molar-refractivity contribution in [2.24, 2.45) is 23.7 Å². The van der Waals surface area contributed by atoms with Crippen molar-refractivity contribution in [2.45, 2.75) is 178 Å². The fraction of sp³-hybridized carbons (Fsp3) is 0.516. The summed E-state index contributed by atoms with van der Waals surface area (Å²) < 4.78 is 599. The van der Waals surface area contributed by atoms with Gasteiger partial charge in [-0.2, -0.15) is 198 Å². The molecule has 2 fully saturated rings. The van der Waals surface area contributed by atoms with E-state index >= 15 is 0 Å². The van der Waals surface area contributed by atoms with Crippen LogP contribution in [0.5, 0.6) is 23.0 Å². The molecule has 0 aromatic heterocycles. The van der Waals surface area contributed by atoms with Gasteiger partial charge in [0, 0.05) is 11.8 Å². The van der Waals surface area contributed by atoms with E-state index in [0.717, 1.165) is 12.5 Å². The normalized spacial score (nSPS) is 18.7. The molecule has 4 aromatic rings. The van der Waals surface area contributed by atoms with Crippen LogP contribution in [0.3, 0.4) is 0 Å². The first-order valence-corrected chi connectivity index (χ1v) is 32.0. The number of nitrogens with zero attached hydrogens (tertiary/aromatic N) is 2. The van der Waals surface area contributed by atoms with Crippen LogP contribution in [0.2, 0.25) is 0 Å². The summed E-state index contributed by atoms with van der Waals surface area (Å²) in [7, 11) is 0. The number of alkyl halides is 45. The molecule has 6 unspecified atom stereocenters. The van der Waals surface area contributed by atoms with Gasteiger partial charge >= 0.3 is 137 Å². The van der Waals surface area contributed by atoms with Gasteiger partial charge in [-0.25, -0.2) is 9.59 Å². The molecular formula is C64H40ClF45N2O11. The Kier molecular flexibility index (Phi) is 28.5. The van der Waals surface area contributed by atoms with Crippen molar-refractivity contribution in [1.82, 2.24) is 0 Å². The van der Waals surface area contributed by atoms with E-state index in [1.807, 2.05) is 19.1 Å². The molecule has 0 spiro atoms. The third kappa shape index (κ3) is 17.2. The fourth-order valence-electron chi connectivity index (χ4n) is 10.4. The average molecular weight is 1900 g/mol. The van der Waals surface area contributed by atoms with Crippen LogP contribution < -0.4 is 19.3 Å². The molecule has 59 heteroatoms. The number of benzene rings is 4. The molecule has 4 aromatic carbocycles. The summed E-state index contributed by atoms with van der Waals surface area (Å²) in [6.07, 6.45) is -23.4. The number of imide groups is 2. The third-order valence-corrected chi connectivity index (χ3v) is 18.2. The number of rotatable bonds is 28. The zero-order chi connectivity index (χ0) is 96.9. The van der Waals surface area contributed by atoms with Crippen molar-refractivity contribution in [1.29, 1.82) is 0 Å². The number of phenols is 2. The minimum absolute atomic E-state index is 0.0876. The molecule has 123 heavy (non-hydrogen) atoms. The lowest BCUT2D eigenvalue weighted by atomic mass is 9.85. The van der Waals surface area contributed by atoms with E-state index in [-0.39, 0.29) is 63.7 Å². The van der Waals surface area contributed by atoms with Gasteiger partial charge in [-0.3, -0.25) is 33.8 Å². The molecule has 2 aliphatic rings. The van der Waals surface area contributed by atoms with Gasteiger partial charge < -0.3 is 19.7 Å². The van der Waals surface area contributed by atoms with Crippen LogP contribution in [0.25, 0.3) is 0 Å². The van der Waals surface area contributed by atoms with Crippen LogP contribution in [0.15, 0.2) is 97.1 Å². The summed E-state index contributed by atoms with van der Waals surface area (Å²) in [5.74, 6) is -166. The number of carbonyl (C=O) groups is 7. The van der Waals surface area contributed by atoms with E-state index in [0.29, 0.717) is 48.5 Å². The maximum atomic E-state index is 14.3. The first-order chi connectivity index (χ1) is 54.4. The van der Waals surface area contributed by atoms with E-state index in [4.69, 9.17) is 0 Å². The largest absolute Gasteiger partial charge is 0.508 e. The Morgan fingerprint density at radius 1 is 0.309 bits per heavy atom.